The minimum Gasteiger partial charge on any atom is -0.479 e. The number of hydrogen-bond acceptors (Lipinski definition) is 4. The maximum Gasteiger partial charge on any atom is 0.265 e. The SMILES string of the molecule is Cc1ccc(C(C)Nc2ccc3c(c2)NC(=O)C(C)O3)o1. The molecule has 21 heavy (non-hydrogen) atoms. The lowest BCUT2D eigenvalue weighted by Gasteiger charge is -2.24. The number of furan rings is 1. The molecule has 0 fully saturated rings. The summed E-state index contributed by atoms with van der Waals surface area (Å²) < 4.78 is 11.1. The standard InChI is InChI=1S/C16H18N2O3/c1-9-4-6-14(20-9)10(2)17-12-5-7-15-13(8-12)18-16(19)11(3)21-15/h4-8,10-11,17H,1-3H3,(H,18,19). The van der Waals surface area contributed by atoms with Gasteiger partial charge in [0.15, 0.2) is 6.10 Å². The number of hydrogen-bond donors (Lipinski definition) is 2. The second-order valence-corrected chi connectivity index (χ2v) is 5.27. The molecule has 1 aromatic carbocycles. The number of anilines is 2. The van der Waals surface area contributed by atoms with E-state index in [9.17, 15) is 4.79 Å². The first kappa shape index (κ1) is 13.5. The second-order valence-electron chi connectivity index (χ2n) is 5.27. The van der Waals surface area contributed by atoms with Gasteiger partial charge >= 0.3 is 0 Å². The Morgan fingerprint density at radius 3 is 2.81 bits per heavy atom. The van der Waals surface area contributed by atoms with Crippen LogP contribution in [0.4, 0.5) is 11.4 Å². The molecule has 0 spiro atoms. The van der Waals surface area contributed by atoms with Crippen LogP contribution < -0.4 is 15.4 Å². The Bertz CT molecular complexity index is 678. The van der Waals surface area contributed by atoms with Gasteiger partial charge in [-0.05, 0) is 51.1 Å². The molecule has 2 atom stereocenters. The quantitative estimate of drug-likeness (QED) is 0.906. The van der Waals surface area contributed by atoms with Crippen LogP contribution in [0, 0.1) is 6.92 Å². The van der Waals surface area contributed by atoms with E-state index < -0.39 is 6.10 Å². The van der Waals surface area contributed by atoms with Gasteiger partial charge in [-0.3, -0.25) is 4.79 Å². The van der Waals surface area contributed by atoms with Crippen LogP contribution in [-0.4, -0.2) is 12.0 Å². The first-order valence-electron chi connectivity index (χ1n) is 6.97. The zero-order chi connectivity index (χ0) is 15.0. The van der Waals surface area contributed by atoms with Gasteiger partial charge in [-0.2, -0.15) is 0 Å². The van der Waals surface area contributed by atoms with Crippen molar-refractivity contribution in [3.05, 3.63) is 41.9 Å². The predicted molar refractivity (Wildman–Crippen MR) is 80.6 cm³/mol. The van der Waals surface area contributed by atoms with Crippen molar-refractivity contribution in [3.8, 4) is 5.75 Å². The summed E-state index contributed by atoms with van der Waals surface area (Å²) in [7, 11) is 0. The average molecular weight is 286 g/mol. The third kappa shape index (κ3) is 2.72. The molecule has 1 amide bonds. The minimum absolute atomic E-state index is 0.0379. The Kier molecular flexibility index (Phi) is 3.33. The van der Waals surface area contributed by atoms with E-state index in [1.54, 1.807) is 6.92 Å². The molecule has 3 rings (SSSR count). The van der Waals surface area contributed by atoms with Crippen LogP contribution >= 0.6 is 0 Å². The van der Waals surface area contributed by atoms with E-state index in [2.05, 4.69) is 10.6 Å². The van der Waals surface area contributed by atoms with Gasteiger partial charge in [0.05, 0.1) is 11.7 Å². The van der Waals surface area contributed by atoms with E-state index in [-0.39, 0.29) is 11.9 Å². The number of benzene rings is 1. The summed E-state index contributed by atoms with van der Waals surface area (Å²) in [5.74, 6) is 2.32. The van der Waals surface area contributed by atoms with Gasteiger partial charge in [0.25, 0.3) is 5.91 Å². The summed E-state index contributed by atoms with van der Waals surface area (Å²) in [4.78, 5) is 11.6. The summed E-state index contributed by atoms with van der Waals surface area (Å²) in [6.07, 6.45) is -0.457. The largest absolute Gasteiger partial charge is 0.479 e. The van der Waals surface area contributed by atoms with Gasteiger partial charge in [0.1, 0.15) is 17.3 Å². The van der Waals surface area contributed by atoms with Gasteiger partial charge in [0, 0.05) is 5.69 Å². The smallest absolute Gasteiger partial charge is 0.265 e. The molecule has 5 heteroatoms. The van der Waals surface area contributed by atoms with Gasteiger partial charge in [-0.15, -0.1) is 0 Å². The van der Waals surface area contributed by atoms with E-state index in [1.165, 1.54) is 0 Å². The van der Waals surface area contributed by atoms with Crippen LogP contribution in [0.15, 0.2) is 34.7 Å². The monoisotopic (exact) mass is 286 g/mol. The van der Waals surface area contributed by atoms with Crippen molar-refractivity contribution in [2.45, 2.75) is 32.9 Å². The summed E-state index contributed by atoms with van der Waals surface area (Å²) in [5, 5.41) is 6.19. The van der Waals surface area contributed by atoms with Crippen LogP contribution in [0.3, 0.4) is 0 Å². The molecule has 1 aliphatic heterocycles. The topological polar surface area (TPSA) is 63.5 Å². The second kappa shape index (κ2) is 5.16. The van der Waals surface area contributed by atoms with Crippen molar-refractivity contribution in [1.29, 1.82) is 0 Å². The summed E-state index contributed by atoms with van der Waals surface area (Å²) in [6, 6.07) is 9.58. The van der Waals surface area contributed by atoms with E-state index in [0.717, 1.165) is 17.2 Å². The summed E-state index contributed by atoms with van der Waals surface area (Å²) in [5.41, 5.74) is 1.58. The van der Waals surface area contributed by atoms with Gasteiger partial charge < -0.3 is 19.8 Å². The highest BCUT2D eigenvalue weighted by atomic mass is 16.5. The fraction of sp³-hybridized carbons (Fsp3) is 0.312. The van der Waals surface area contributed by atoms with Crippen molar-refractivity contribution >= 4 is 17.3 Å². The molecule has 0 aliphatic carbocycles. The normalized spacial score (nSPS) is 18.4. The molecule has 5 nitrogen and oxygen atoms in total. The molecule has 0 bridgehead atoms. The average Bonchev–Trinajstić information content (AvgIpc) is 2.87. The van der Waals surface area contributed by atoms with E-state index >= 15 is 0 Å². The van der Waals surface area contributed by atoms with Crippen molar-refractivity contribution in [2.24, 2.45) is 0 Å². The minimum atomic E-state index is -0.457. The van der Waals surface area contributed by atoms with E-state index in [1.807, 2.05) is 44.2 Å². The molecule has 0 radical (unpaired) electrons. The van der Waals surface area contributed by atoms with Crippen molar-refractivity contribution in [2.75, 3.05) is 10.6 Å². The van der Waals surface area contributed by atoms with Crippen molar-refractivity contribution < 1.29 is 13.9 Å². The van der Waals surface area contributed by atoms with Crippen LogP contribution in [0.1, 0.15) is 31.4 Å². The molecule has 2 heterocycles. The number of nitrogens with one attached hydrogen (secondary N) is 2. The number of carbonyl (C=O) groups excluding carboxylic acids is 1. The Labute approximate surface area is 123 Å². The predicted octanol–water partition coefficient (Wildman–Crippen LogP) is 3.48. The van der Waals surface area contributed by atoms with Crippen LogP contribution in [-0.2, 0) is 4.79 Å². The molecular weight excluding hydrogens is 268 g/mol. The lowest BCUT2D eigenvalue weighted by Crippen LogP contribution is -2.34. The van der Waals surface area contributed by atoms with Crippen LogP contribution in [0.5, 0.6) is 5.75 Å². The number of amides is 1. The maximum absolute atomic E-state index is 11.6. The van der Waals surface area contributed by atoms with Crippen molar-refractivity contribution in [3.63, 3.8) is 0 Å². The summed E-state index contributed by atoms with van der Waals surface area (Å²) >= 11 is 0. The zero-order valence-electron chi connectivity index (χ0n) is 12.3. The summed E-state index contributed by atoms with van der Waals surface area (Å²) in [6.45, 7) is 5.67. The number of carbonyl (C=O) groups is 1. The molecule has 0 saturated heterocycles. The molecular formula is C16H18N2O3. The van der Waals surface area contributed by atoms with Crippen LogP contribution in [0.2, 0.25) is 0 Å². The first-order chi connectivity index (χ1) is 10.0. The number of fused-ring (bicyclic) bond motifs is 1. The number of rotatable bonds is 3. The lowest BCUT2D eigenvalue weighted by atomic mass is 10.2. The van der Waals surface area contributed by atoms with Gasteiger partial charge in [-0.25, -0.2) is 0 Å². The third-order valence-corrected chi connectivity index (χ3v) is 3.48. The number of ether oxygens (including phenoxy) is 1. The molecule has 2 aromatic rings. The Morgan fingerprint density at radius 1 is 1.29 bits per heavy atom. The molecule has 2 unspecified atom stereocenters. The third-order valence-electron chi connectivity index (χ3n) is 3.48. The van der Waals surface area contributed by atoms with Gasteiger partial charge in [0.2, 0.25) is 0 Å². The van der Waals surface area contributed by atoms with Crippen LogP contribution in [0.25, 0.3) is 0 Å². The Hall–Kier alpha value is -2.43. The fourth-order valence-corrected chi connectivity index (χ4v) is 2.31. The number of aryl methyl sites for hydroxylation is 1. The highest BCUT2D eigenvalue weighted by molar-refractivity contribution is 5.98. The van der Waals surface area contributed by atoms with Gasteiger partial charge in [-0.1, -0.05) is 0 Å². The molecule has 2 N–H and O–H groups in total. The molecule has 110 valence electrons. The maximum atomic E-state index is 11.6. The highest BCUT2D eigenvalue weighted by Gasteiger charge is 2.23. The fourth-order valence-electron chi connectivity index (χ4n) is 2.31. The lowest BCUT2D eigenvalue weighted by molar-refractivity contribution is -0.122. The van der Waals surface area contributed by atoms with E-state index in [0.29, 0.717) is 11.4 Å². The van der Waals surface area contributed by atoms with E-state index in [4.69, 9.17) is 9.15 Å². The Morgan fingerprint density at radius 2 is 2.10 bits per heavy atom. The van der Waals surface area contributed by atoms with Crippen molar-refractivity contribution in [1.82, 2.24) is 0 Å². The molecule has 0 saturated carbocycles. The molecule has 1 aromatic heterocycles. The highest BCUT2D eigenvalue weighted by Crippen LogP contribution is 2.33. The molecule has 1 aliphatic rings. The Balaban J connectivity index is 1.78. The zero-order valence-corrected chi connectivity index (χ0v) is 12.3. The first-order valence-corrected chi connectivity index (χ1v) is 6.97.